The van der Waals surface area contributed by atoms with E-state index >= 15 is 0 Å². The quantitative estimate of drug-likeness (QED) is 0.360. The Morgan fingerprint density at radius 3 is 2.52 bits per heavy atom. The zero-order valence-electron chi connectivity index (χ0n) is 13.2. The number of fused-ring (bicyclic) bond motifs is 1. The van der Waals surface area contributed by atoms with E-state index in [0.717, 1.165) is 11.4 Å². The molecular formula is C21H14Cl2N2. The molecule has 3 aromatic carbocycles. The maximum atomic E-state index is 6.20. The van der Waals surface area contributed by atoms with Crippen molar-refractivity contribution in [2.75, 3.05) is 0 Å². The topological polar surface area (TPSA) is 17.3 Å². The molecule has 0 aliphatic rings. The highest BCUT2D eigenvalue weighted by Crippen LogP contribution is 2.31. The minimum atomic E-state index is 0.462. The van der Waals surface area contributed by atoms with Crippen molar-refractivity contribution in [3.05, 3.63) is 94.7 Å². The van der Waals surface area contributed by atoms with Gasteiger partial charge < -0.3 is 4.57 Å². The molecule has 25 heavy (non-hydrogen) atoms. The Labute approximate surface area is 156 Å². The molecule has 0 aliphatic heterocycles. The highest BCUT2D eigenvalue weighted by molar-refractivity contribution is 6.43. The molecule has 0 saturated carbocycles. The lowest BCUT2D eigenvalue weighted by Gasteiger charge is -2.08. The van der Waals surface area contributed by atoms with Crippen LogP contribution in [0.25, 0.3) is 16.5 Å². The van der Waals surface area contributed by atoms with E-state index in [4.69, 9.17) is 23.2 Å². The van der Waals surface area contributed by atoms with Gasteiger partial charge in [0.25, 0.3) is 0 Å². The summed E-state index contributed by atoms with van der Waals surface area (Å²) < 4.78 is 2.09. The van der Waals surface area contributed by atoms with Crippen molar-refractivity contribution in [1.29, 1.82) is 0 Å². The molecule has 0 spiro atoms. The van der Waals surface area contributed by atoms with Crippen LogP contribution in [0.5, 0.6) is 0 Å². The van der Waals surface area contributed by atoms with Gasteiger partial charge in [-0.1, -0.05) is 59.6 Å². The molecule has 2 nitrogen and oxygen atoms in total. The van der Waals surface area contributed by atoms with Gasteiger partial charge in [0.15, 0.2) is 0 Å². The minimum absolute atomic E-state index is 0.462. The normalized spacial score (nSPS) is 11.4. The van der Waals surface area contributed by atoms with Crippen molar-refractivity contribution in [2.24, 2.45) is 4.99 Å². The first-order valence-electron chi connectivity index (χ1n) is 7.87. The summed E-state index contributed by atoms with van der Waals surface area (Å²) in [6, 6.07) is 24.1. The Hall–Kier alpha value is -2.55. The van der Waals surface area contributed by atoms with Crippen molar-refractivity contribution in [3.63, 3.8) is 0 Å². The third-order valence-electron chi connectivity index (χ3n) is 4.06. The summed E-state index contributed by atoms with van der Waals surface area (Å²) in [6.07, 6.45) is 3.82. The molecule has 4 rings (SSSR count). The monoisotopic (exact) mass is 364 g/mol. The molecule has 0 atom stereocenters. The van der Waals surface area contributed by atoms with E-state index in [2.05, 4.69) is 39.9 Å². The SMILES string of the molecule is Clc1cccc(N=Cc2cccn2-c2ccc3ccccc3c2)c1Cl. The van der Waals surface area contributed by atoms with Crippen LogP contribution < -0.4 is 0 Å². The molecular weight excluding hydrogens is 351 g/mol. The van der Waals surface area contributed by atoms with E-state index in [1.807, 2.05) is 42.6 Å². The number of hydrogen-bond acceptors (Lipinski definition) is 1. The van der Waals surface area contributed by atoms with Crippen LogP contribution in [0.2, 0.25) is 10.0 Å². The Kier molecular flexibility index (Phi) is 4.31. The van der Waals surface area contributed by atoms with Crippen molar-refractivity contribution < 1.29 is 0 Å². The number of benzene rings is 3. The fourth-order valence-corrected chi connectivity index (χ4v) is 3.13. The predicted octanol–water partition coefficient (Wildman–Crippen LogP) is 6.69. The average molecular weight is 365 g/mol. The molecule has 4 heteroatoms. The van der Waals surface area contributed by atoms with Gasteiger partial charge in [-0.05, 0) is 47.2 Å². The molecule has 122 valence electrons. The summed E-state index contributed by atoms with van der Waals surface area (Å²) >= 11 is 12.2. The Morgan fingerprint density at radius 2 is 1.64 bits per heavy atom. The number of rotatable bonds is 3. The number of nitrogens with zero attached hydrogens (tertiary/aromatic N) is 2. The first kappa shape index (κ1) is 15.9. The van der Waals surface area contributed by atoms with Crippen LogP contribution in [0.1, 0.15) is 5.69 Å². The number of aliphatic imine (C=N–C) groups is 1. The van der Waals surface area contributed by atoms with Crippen molar-refractivity contribution in [1.82, 2.24) is 4.57 Å². The second kappa shape index (κ2) is 6.75. The largest absolute Gasteiger partial charge is 0.316 e. The van der Waals surface area contributed by atoms with Crippen molar-refractivity contribution >= 4 is 45.9 Å². The summed E-state index contributed by atoms with van der Waals surface area (Å²) in [5.41, 5.74) is 2.70. The predicted molar refractivity (Wildman–Crippen MR) is 107 cm³/mol. The van der Waals surface area contributed by atoms with Crippen LogP contribution in [0.4, 0.5) is 5.69 Å². The fourth-order valence-electron chi connectivity index (χ4n) is 2.79. The van der Waals surface area contributed by atoms with E-state index in [0.29, 0.717) is 15.7 Å². The molecule has 0 unspecified atom stereocenters. The summed E-state index contributed by atoms with van der Waals surface area (Å²) in [5.74, 6) is 0. The first-order valence-corrected chi connectivity index (χ1v) is 8.62. The Morgan fingerprint density at radius 1 is 0.800 bits per heavy atom. The zero-order valence-corrected chi connectivity index (χ0v) is 14.7. The molecule has 0 saturated heterocycles. The van der Waals surface area contributed by atoms with E-state index in [1.54, 1.807) is 12.3 Å². The van der Waals surface area contributed by atoms with Gasteiger partial charge in [0.05, 0.1) is 27.6 Å². The van der Waals surface area contributed by atoms with Crippen molar-refractivity contribution in [2.45, 2.75) is 0 Å². The van der Waals surface area contributed by atoms with Gasteiger partial charge in [0.2, 0.25) is 0 Å². The molecule has 0 radical (unpaired) electrons. The lowest BCUT2D eigenvalue weighted by molar-refractivity contribution is 1.07. The maximum absolute atomic E-state index is 6.20. The molecule has 0 bridgehead atoms. The Bertz CT molecular complexity index is 1080. The number of aromatic nitrogens is 1. The minimum Gasteiger partial charge on any atom is -0.316 e. The average Bonchev–Trinajstić information content (AvgIpc) is 3.11. The second-order valence-electron chi connectivity index (χ2n) is 5.67. The zero-order chi connectivity index (χ0) is 17.2. The molecule has 0 fully saturated rings. The van der Waals surface area contributed by atoms with E-state index in [1.165, 1.54) is 10.8 Å². The Balaban J connectivity index is 1.72. The van der Waals surface area contributed by atoms with Gasteiger partial charge in [-0.2, -0.15) is 0 Å². The number of halogens is 2. The third kappa shape index (κ3) is 3.19. The van der Waals surface area contributed by atoms with Gasteiger partial charge >= 0.3 is 0 Å². The molecule has 0 amide bonds. The van der Waals surface area contributed by atoms with Crippen LogP contribution in [0.3, 0.4) is 0 Å². The molecule has 0 N–H and O–H groups in total. The van der Waals surface area contributed by atoms with Crippen molar-refractivity contribution in [3.8, 4) is 5.69 Å². The summed E-state index contributed by atoms with van der Waals surface area (Å²) in [7, 11) is 0. The molecule has 0 aliphatic carbocycles. The van der Waals surface area contributed by atoms with Crippen LogP contribution in [-0.2, 0) is 0 Å². The summed E-state index contributed by atoms with van der Waals surface area (Å²) in [4.78, 5) is 4.50. The van der Waals surface area contributed by atoms with E-state index < -0.39 is 0 Å². The van der Waals surface area contributed by atoms with Gasteiger partial charge in [-0.3, -0.25) is 4.99 Å². The highest BCUT2D eigenvalue weighted by atomic mass is 35.5. The van der Waals surface area contributed by atoms with Crippen LogP contribution in [0.15, 0.2) is 84.0 Å². The first-order chi connectivity index (χ1) is 12.2. The number of hydrogen-bond donors (Lipinski definition) is 0. The summed E-state index contributed by atoms with van der Waals surface area (Å²) in [6.45, 7) is 0. The van der Waals surface area contributed by atoms with Crippen LogP contribution >= 0.6 is 23.2 Å². The van der Waals surface area contributed by atoms with Gasteiger partial charge in [-0.15, -0.1) is 0 Å². The smallest absolute Gasteiger partial charge is 0.0848 e. The third-order valence-corrected chi connectivity index (χ3v) is 4.87. The second-order valence-corrected chi connectivity index (χ2v) is 6.45. The van der Waals surface area contributed by atoms with E-state index in [-0.39, 0.29) is 0 Å². The summed E-state index contributed by atoms with van der Waals surface area (Å²) in [5, 5.41) is 3.39. The molecule has 1 heterocycles. The lowest BCUT2D eigenvalue weighted by Crippen LogP contribution is -1.97. The van der Waals surface area contributed by atoms with Crippen LogP contribution in [0, 0.1) is 0 Å². The molecule has 4 aromatic rings. The fraction of sp³-hybridized carbons (Fsp3) is 0. The molecule has 1 aromatic heterocycles. The highest BCUT2D eigenvalue weighted by Gasteiger charge is 2.05. The maximum Gasteiger partial charge on any atom is 0.0848 e. The standard InChI is InChI=1S/C21H14Cl2N2/c22-19-8-3-9-20(21(19)23)24-14-18-7-4-12-25(18)17-11-10-15-5-1-2-6-16(15)13-17/h1-14H. The van der Waals surface area contributed by atoms with Gasteiger partial charge in [0.1, 0.15) is 0 Å². The van der Waals surface area contributed by atoms with Gasteiger partial charge in [0, 0.05) is 11.9 Å². The van der Waals surface area contributed by atoms with E-state index in [9.17, 15) is 0 Å². The van der Waals surface area contributed by atoms with Crippen LogP contribution in [-0.4, -0.2) is 10.8 Å². The van der Waals surface area contributed by atoms with Gasteiger partial charge in [-0.25, -0.2) is 0 Å². The lowest BCUT2D eigenvalue weighted by atomic mass is 10.1.